The Labute approximate surface area is 185 Å². The molecule has 2 saturated heterocycles. The molecule has 1 aromatic rings. The van der Waals surface area contributed by atoms with E-state index in [0.29, 0.717) is 42.2 Å². The van der Waals surface area contributed by atoms with E-state index in [1.165, 1.54) is 0 Å². The van der Waals surface area contributed by atoms with Crippen molar-refractivity contribution < 1.29 is 19.0 Å². The van der Waals surface area contributed by atoms with Crippen LogP contribution in [0.3, 0.4) is 0 Å². The minimum Gasteiger partial charge on any atom is -0.497 e. The minimum absolute atomic E-state index is 0. The van der Waals surface area contributed by atoms with E-state index in [-0.39, 0.29) is 42.9 Å². The second kappa shape index (κ2) is 11.8. The number of morpholine rings is 1. The number of ether oxygens (including phenoxy) is 3. The first-order valence-electron chi connectivity index (χ1n) is 9.69. The van der Waals surface area contributed by atoms with E-state index in [0.717, 1.165) is 26.1 Å². The first-order valence-corrected chi connectivity index (χ1v) is 9.69. The molecule has 0 aliphatic carbocycles. The average Bonchev–Trinajstić information content (AvgIpc) is 3.07. The molecule has 1 aromatic carbocycles. The van der Waals surface area contributed by atoms with Gasteiger partial charge >= 0.3 is 0 Å². The summed E-state index contributed by atoms with van der Waals surface area (Å²) in [5.74, 6) is 1.52. The van der Waals surface area contributed by atoms with E-state index >= 15 is 0 Å². The highest BCUT2D eigenvalue weighted by Gasteiger charge is 2.38. The topological polar surface area (TPSA) is 86.0 Å². The molecule has 166 valence electrons. The number of carbonyl (C=O) groups is 1. The van der Waals surface area contributed by atoms with Gasteiger partial charge in [0.2, 0.25) is 0 Å². The quantitative estimate of drug-likeness (QED) is 0.662. The highest BCUT2D eigenvalue weighted by atomic mass is 35.5. The van der Waals surface area contributed by atoms with Crippen molar-refractivity contribution in [3.8, 4) is 11.5 Å². The van der Waals surface area contributed by atoms with E-state index in [4.69, 9.17) is 19.9 Å². The molecule has 0 aromatic heterocycles. The van der Waals surface area contributed by atoms with Gasteiger partial charge in [0.15, 0.2) is 0 Å². The molecule has 2 fully saturated rings. The summed E-state index contributed by atoms with van der Waals surface area (Å²) in [6, 6.07) is 5.73. The normalized spacial score (nSPS) is 23.6. The Balaban J connectivity index is 0.00000210. The van der Waals surface area contributed by atoms with Crippen molar-refractivity contribution in [3.05, 3.63) is 23.8 Å². The number of benzene rings is 1. The van der Waals surface area contributed by atoms with Gasteiger partial charge in [0.05, 0.1) is 25.4 Å². The van der Waals surface area contributed by atoms with E-state index in [1.54, 1.807) is 25.3 Å². The van der Waals surface area contributed by atoms with Gasteiger partial charge in [-0.05, 0) is 24.5 Å². The third-order valence-electron chi connectivity index (χ3n) is 5.33. The van der Waals surface area contributed by atoms with Crippen LogP contribution in [0.25, 0.3) is 0 Å². The molecule has 3 N–H and O–H groups in total. The third kappa shape index (κ3) is 6.36. The van der Waals surface area contributed by atoms with Crippen LogP contribution in [0.15, 0.2) is 18.2 Å². The fourth-order valence-corrected chi connectivity index (χ4v) is 3.78. The second-order valence-corrected chi connectivity index (χ2v) is 7.63. The van der Waals surface area contributed by atoms with Crippen LogP contribution in [0.2, 0.25) is 0 Å². The number of nitrogens with zero attached hydrogens (tertiary/aromatic N) is 1. The first-order chi connectivity index (χ1) is 13.0. The van der Waals surface area contributed by atoms with Gasteiger partial charge in [0.1, 0.15) is 18.1 Å². The average molecular weight is 450 g/mol. The van der Waals surface area contributed by atoms with Gasteiger partial charge in [-0.3, -0.25) is 9.69 Å². The molecule has 0 saturated carbocycles. The summed E-state index contributed by atoms with van der Waals surface area (Å²) in [4.78, 5) is 15.3. The number of fused-ring (bicyclic) bond motifs is 1. The molecule has 2 aliphatic rings. The van der Waals surface area contributed by atoms with Gasteiger partial charge in [-0.1, -0.05) is 13.8 Å². The molecule has 7 nitrogen and oxygen atoms in total. The standard InChI is InChI=1S/C20H31N3O4.2ClH/c1-13(2)19-11-23-10-14(8-15(23)12-27-19)22-20(24)17-5-4-16(25-3)9-18(17)26-7-6-21;;/h4-5,9,13-15,19H,6-8,10-12,21H2,1-3H3,(H,22,24);2*1H/t14-,15+,19+;;/m1../s1. The highest BCUT2D eigenvalue weighted by Crippen LogP contribution is 2.28. The lowest BCUT2D eigenvalue weighted by atomic mass is 10.0. The van der Waals surface area contributed by atoms with Crippen LogP contribution in [0, 0.1) is 5.92 Å². The molecule has 0 spiro atoms. The van der Waals surface area contributed by atoms with Gasteiger partial charge in [-0.25, -0.2) is 0 Å². The largest absolute Gasteiger partial charge is 0.497 e. The Morgan fingerprint density at radius 1 is 1.34 bits per heavy atom. The zero-order chi connectivity index (χ0) is 19.4. The molecule has 2 aliphatic heterocycles. The van der Waals surface area contributed by atoms with Crippen LogP contribution in [0.1, 0.15) is 30.6 Å². The van der Waals surface area contributed by atoms with Gasteiger partial charge in [-0.2, -0.15) is 0 Å². The summed E-state index contributed by atoms with van der Waals surface area (Å²) in [5.41, 5.74) is 6.04. The molecule has 1 amide bonds. The lowest BCUT2D eigenvalue weighted by Crippen LogP contribution is -2.48. The molecule has 3 atom stereocenters. The predicted molar refractivity (Wildman–Crippen MR) is 118 cm³/mol. The molecule has 9 heteroatoms. The zero-order valence-electron chi connectivity index (χ0n) is 17.3. The van der Waals surface area contributed by atoms with Gasteiger partial charge in [0.25, 0.3) is 5.91 Å². The number of nitrogens with two attached hydrogens (primary N) is 1. The molecule has 29 heavy (non-hydrogen) atoms. The van der Waals surface area contributed by atoms with Gasteiger partial charge in [0, 0.05) is 37.8 Å². The molecule has 2 heterocycles. The third-order valence-corrected chi connectivity index (χ3v) is 5.33. The fourth-order valence-electron chi connectivity index (χ4n) is 3.78. The van der Waals surface area contributed by atoms with E-state index in [9.17, 15) is 4.79 Å². The predicted octanol–water partition coefficient (Wildman–Crippen LogP) is 2.10. The summed E-state index contributed by atoms with van der Waals surface area (Å²) in [7, 11) is 1.59. The van der Waals surface area contributed by atoms with Gasteiger partial charge in [-0.15, -0.1) is 24.8 Å². The summed E-state index contributed by atoms with van der Waals surface area (Å²) in [6.45, 7) is 7.64. The maximum Gasteiger partial charge on any atom is 0.255 e. The number of amides is 1. The van der Waals surface area contributed by atoms with Crippen LogP contribution in [0.4, 0.5) is 0 Å². The Hall–Kier alpha value is -1.25. The SMILES string of the molecule is COc1ccc(C(=O)N[C@@H]2C[C@H]3CO[C@H](C(C)C)CN3C2)c(OCCN)c1.Cl.Cl. The van der Waals surface area contributed by atoms with Crippen LogP contribution >= 0.6 is 24.8 Å². The van der Waals surface area contributed by atoms with Crippen molar-refractivity contribution in [2.24, 2.45) is 11.7 Å². The van der Waals surface area contributed by atoms with E-state index in [2.05, 4.69) is 24.1 Å². The fraction of sp³-hybridized carbons (Fsp3) is 0.650. The van der Waals surface area contributed by atoms with Gasteiger partial charge < -0.3 is 25.3 Å². The first kappa shape index (κ1) is 25.8. The Kier molecular flexibility index (Phi) is 10.5. The van der Waals surface area contributed by atoms with Crippen molar-refractivity contribution >= 4 is 30.7 Å². The number of halogens is 2. The maximum absolute atomic E-state index is 12.8. The maximum atomic E-state index is 12.8. The van der Waals surface area contributed by atoms with Crippen molar-refractivity contribution in [1.82, 2.24) is 10.2 Å². The van der Waals surface area contributed by atoms with Crippen molar-refractivity contribution in [1.29, 1.82) is 0 Å². The summed E-state index contributed by atoms with van der Waals surface area (Å²) >= 11 is 0. The summed E-state index contributed by atoms with van der Waals surface area (Å²) in [5, 5.41) is 3.16. The lowest BCUT2D eigenvalue weighted by Gasteiger charge is -2.36. The zero-order valence-corrected chi connectivity index (χ0v) is 18.9. The van der Waals surface area contributed by atoms with Crippen LogP contribution in [-0.2, 0) is 4.74 Å². The highest BCUT2D eigenvalue weighted by molar-refractivity contribution is 5.97. The molecule has 0 unspecified atom stereocenters. The minimum atomic E-state index is -0.129. The van der Waals surface area contributed by atoms with Crippen LogP contribution < -0.4 is 20.5 Å². The number of rotatable bonds is 7. The number of nitrogens with one attached hydrogen (secondary N) is 1. The second-order valence-electron chi connectivity index (χ2n) is 7.63. The van der Waals surface area contributed by atoms with E-state index in [1.807, 2.05) is 0 Å². The van der Waals surface area contributed by atoms with Crippen molar-refractivity contribution in [3.63, 3.8) is 0 Å². The number of hydrogen-bond acceptors (Lipinski definition) is 6. The van der Waals surface area contributed by atoms with E-state index < -0.39 is 0 Å². The molecular weight excluding hydrogens is 417 g/mol. The van der Waals surface area contributed by atoms with Crippen molar-refractivity contribution in [2.45, 2.75) is 38.5 Å². The number of carbonyl (C=O) groups excluding carboxylic acids is 1. The summed E-state index contributed by atoms with van der Waals surface area (Å²) < 4.78 is 16.9. The van der Waals surface area contributed by atoms with Crippen LogP contribution in [0.5, 0.6) is 11.5 Å². The molecule has 3 rings (SSSR count). The number of methoxy groups -OCH3 is 1. The molecule has 0 bridgehead atoms. The monoisotopic (exact) mass is 449 g/mol. The Bertz CT molecular complexity index is 663. The van der Waals surface area contributed by atoms with Crippen molar-refractivity contribution in [2.75, 3.05) is 40.0 Å². The Morgan fingerprint density at radius 2 is 2.10 bits per heavy atom. The molecular formula is C20H33Cl2N3O4. The molecule has 0 radical (unpaired) electrons. The smallest absolute Gasteiger partial charge is 0.255 e. The Morgan fingerprint density at radius 3 is 2.76 bits per heavy atom. The van der Waals surface area contributed by atoms with Crippen LogP contribution in [-0.4, -0.2) is 69.0 Å². The number of hydrogen-bond donors (Lipinski definition) is 2. The summed E-state index contributed by atoms with van der Waals surface area (Å²) in [6.07, 6.45) is 1.18. The lowest BCUT2D eigenvalue weighted by molar-refractivity contribution is -0.0683.